The van der Waals surface area contributed by atoms with E-state index in [-0.39, 0.29) is 16.7 Å². The summed E-state index contributed by atoms with van der Waals surface area (Å²) in [5.41, 5.74) is 0.185. The van der Waals surface area contributed by atoms with Gasteiger partial charge in [-0.2, -0.15) is 4.98 Å². The first-order valence-corrected chi connectivity index (χ1v) is 8.90. The highest BCUT2D eigenvalue weighted by molar-refractivity contribution is 6.34. The van der Waals surface area contributed by atoms with Gasteiger partial charge in [0.25, 0.3) is 5.91 Å². The summed E-state index contributed by atoms with van der Waals surface area (Å²) in [6.07, 6.45) is 1.97. The van der Waals surface area contributed by atoms with Gasteiger partial charge >= 0.3 is 0 Å². The Balaban J connectivity index is 1.66. The maximum absolute atomic E-state index is 13.1. The van der Waals surface area contributed by atoms with Gasteiger partial charge in [-0.1, -0.05) is 17.7 Å². The molecule has 1 amide bonds. The van der Waals surface area contributed by atoms with Crippen molar-refractivity contribution in [2.45, 2.75) is 31.9 Å². The lowest BCUT2D eigenvalue weighted by Gasteiger charge is -2.34. The fraction of sp³-hybridized carbons (Fsp3) is 0.368. The number of carbonyl (C=O) groups excluding carboxylic acids is 1. The Kier molecular flexibility index (Phi) is 5.74. The van der Waals surface area contributed by atoms with Crippen LogP contribution in [0.5, 0.6) is 5.88 Å². The van der Waals surface area contributed by atoms with Crippen LogP contribution in [-0.2, 0) is 0 Å². The molecule has 3 rings (SSSR count). The number of hydrogen-bond acceptors (Lipinski definition) is 4. The van der Waals surface area contributed by atoms with Crippen molar-refractivity contribution in [2.75, 3.05) is 18.9 Å². The molecule has 2 atom stereocenters. The third-order valence-corrected chi connectivity index (χ3v) is 4.90. The van der Waals surface area contributed by atoms with Crippen molar-refractivity contribution in [3.63, 3.8) is 0 Å². The molecule has 1 saturated heterocycles. The Hall–Kier alpha value is -2.18. The molecule has 2 heterocycles. The predicted octanol–water partition coefficient (Wildman–Crippen LogP) is 3.99. The lowest BCUT2D eigenvalue weighted by atomic mass is 10.0. The van der Waals surface area contributed by atoms with Gasteiger partial charge in [-0.05, 0) is 51.1 Å². The SMILES string of the molecule is C[C@@H]1C[C@H](Oc2cccc(NC(=O)c3ccc(F)cc3Cl)n2)CCN1C. The van der Waals surface area contributed by atoms with Gasteiger partial charge in [-0.15, -0.1) is 0 Å². The predicted molar refractivity (Wildman–Crippen MR) is 99.3 cm³/mol. The lowest BCUT2D eigenvalue weighted by Crippen LogP contribution is -2.42. The molecule has 1 aliphatic heterocycles. The Morgan fingerprint density at radius 3 is 2.92 bits per heavy atom. The quantitative estimate of drug-likeness (QED) is 0.875. The van der Waals surface area contributed by atoms with Gasteiger partial charge in [0.05, 0.1) is 10.6 Å². The van der Waals surface area contributed by atoms with E-state index in [4.69, 9.17) is 16.3 Å². The molecule has 0 saturated carbocycles. The van der Waals surface area contributed by atoms with E-state index in [1.165, 1.54) is 12.1 Å². The summed E-state index contributed by atoms with van der Waals surface area (Å²) in [7, 11) is 2.11. The highest BCUT2D eigenvalue weighted by Crippen LogP contribution is 2.22. The minimum absolute atomic E-state index is 0.0511. The van der Waals surface area contributed by atoms with E-state index in [1.807, 2.05) is 0 Å². The van der Waals surface area contributed by atoms with Gasteiger partial charge in [0.1, 0.15) is 17.7 Å². The van der Waals surface area contributed by atoms with Gasteiger partial charge in [-0.25, -0.2) is 4.39 Å². The minimum Gasteiger partial charge on any atom is -0.474 e. The summed E-state index contributed by atoms with van der Waals surface area (Å²) in [5.74, 6) is -0.122. The number of piperidine rings is 1. The molecule has 26 heavy (non-hydrogen) atoms. The number of anilines is 1. The Morgan fingerprint density at radius 1 is 1.38 bits per heavy atom. The molecule has 1 aromatic carbocycles. The second-order valence-electron chi connectivity index (χ2n) is 6.53. The molecule has 1 aliphatic rings. The normalized spacial score (nSPS) is 20.6. The number of rotatable bonds is 4. The topological polar surface area (TPSA) is 54.5 Å². The first-order valence-electron chi connectivity index (χ1n) is 8.52. The molecular weight excluding hydrogens is 357 g/mol. The number of hydrogen-bond donors (Lipinski definition) is 1. The molecule has 138 valence electrons. The van der Waals surface area contributed by atoms with Crippen LogP contribution in [0, 0.1) is 5.82 Å². The van der Waals surface area contributed by atoms with E-state index >= 15 is 0 Å². The molecule has 1 fully saturated rings. The van der Waals surface area contributed by atoms with Gasteiger partial charge in [0, 0.05) is 18.7 Å². The van der Waals surface area contributed by atoms with Crippen LogP contribution in [0.2, 0.25) is 5.02 Å². The zero-order chi connectivity index (χ0) is 18.7. The first kappa shape index (κ1) is 18.6. The average molecular weight is 378 g/mol. The molecule has 5 nitrogen and oxygen atoms in total. The summed E-state index contributed by atoms with van der Waals surface area (Å²) in [4.78, 5) is 19.0. The Labute approximate surface area is 157 Å². The zero-order valence-corrected chi connectivity index (χ0v) is 15.5. The number of carbonyl (C=O) groups is 1. The fourth-order valence-electron chi connectivity index (χ4n) is 2.93. The van der Waals surface area contributed by atoms with Crippen LogP contribution in [0.15, 0.2) is 36.4 Å². The number of amides is 1. The van der Waals surface area contributed by atoms with E-state index in [2.05, 4.69) is 29.2 Å². The van der Waals surface area contributed by atoms with Gasteiger partial charge < -0.3 is 15.0 Å². The smallest absolute Gasteiger partial charge is 0.258 e. The monoisotopic (exact) mass is 377 g/mol. The number of pyridine rings is 1. The zero-order valence-electron chi connectivity index (χ0n) is 14.7. The summed E-state index contributed by atoms with van der Waals surface area (Å²) in [6.45, 7) is 3.15. The van der Waals surface area contributed by atoms with Crippen molar-refractivity contribution >= 4 is 23.3 Å². The largest absolute Gasteiger partial charge is 0.474 e. The van der Waals surface area contributed by atoms with E-state index in [0.29, 0.717) is 17.7 Å². The Morgan fingerprint density at radius 2 is 2.19 bits per heavy atom. The van der Waals surface area contributed by atoms with Crippen molar-refractivity contribution in [3.8, 4) is 5.88 Å². The number of nitrogens with one attached hydrogen (secondary N) is 1. The highest BCUT2D eigenvalue weighted by Gasteiger charge is 2.24. The van der Waals surface area contributed by atoms with Crippen LogP contribution in [0.1, 0.15) is 30.1 Å². The molecule has 7 heteroatoms. The lowest BCUT2D eigenvalue weighted by molar-refractivity contribution is 0.0760. The number of aromatic nitrogens is 1. The fourth-order valence-corrected chi connectivity index (χ4v) is 3.18. The van der Waals surface area contributed by atoms with Crippen LogP contribution < -0.4 is 10.1 Å². The van der Waals surface area contributed by atoms with Crippen LogP contribution >= 0.6 is 11.6 Å². The first-order chi connectivity index (χ1) is 12.4. The van der Waals surface area contributed by atoms with Crippen molar-refractivity contribution in [2.24, 2.45) is 0 Å². The number of nitrogens with zero attached hydrogens (tertiary/aromatic N) is 2. The second kappa shape index (κ2) is 8.01. The molecule has 1 N–H and O–H groups in total. The average Bonchev–Trinajstić information content (AvgIpc) is 2.58. The van der Waals surface area contributed by atoms with Crippen LogP contribution in [-0.4, -0.2) is 41.5 Å². The van der Waals surface area contributed by atoms with E-state index < -0.39 is 11.7 Å². The molecule has 0 bridgehead atoms. The molecule has 0 spiro atoms. The summed E-state index contributed by atoms with van der Waals surface area (Å²) in [6, 6.07) is 9.29. The molecule has 1 aromatic heterocycles. The maximum atomic E-state index is 13.1. The molecule has 2 aromatic rings. The van der Waals surface area contributed by atoms with Crippen molar-refractivity contribution in [1.29, 1.82) is 0 Å². The van der Waals surface area contributed by atoms with Crippen LogP contribution in [0.25, 0.3) is 0 Å². The number of ether oxygens (including phenoxy) is 1. The maximum Gasteiger partial charge on any atom is 0.258 e. The third kappa shape index (κ3) is 4.51. The summed E-state index contributed by atoms with van der Waals surface area (Å²) < 4.78 is 19.1. The highest BCUT2D eigenvalue weighted by atomic mass is 35.5. The summed E-state index contributed by atoms with van der Waals surface area (Å²) in [5, 5.41) is 2.72. The van der Waals surface area contributed by atoms with Crippen LogP contribution in [0.3, 0.4) is 0 Å². The van der Waals surface area contributed by atoms with Gasteiger partial charge in [0.15, 0.2) is 0 Å². The minimum atomic E-state index is -0.493. The summed E-state index contributed by atoms with van der Waals surface area (Å²) >= 11 is 5.93. The van der Waals surface area contributed by atoms with Crippen molar-refractivity contribution < 1.29 is 13.9 Å². The van der Waals surface area contributed by atoms with Gasteiger partial charge in [0.2, 0.25) is 5.88 Å². The molecule has 0 aliphatic carbocycles. The van der Waals surface area contributed by atoms with E-state index in [0.717, 1.165) is 25.5 Å². The number of likely N-dealkylation sites (tertiary alicyclic amines) is 1. The Bertz CT molecular complexity index is 802. The molecular formula is C19H21ClFN3O2. The number of benzene rings is 1. The third-order valence-electron chi connectivity index (χ3n) is 4.59. The van der Waals surface area contributed by atoms with Crippen LogP contribution in [0.4, 0.5) is 10.2 Å². The number of halogens is 2. The molecule has 0 unspecified atom stereocenters. The van der Waals surface area contributed by atoms with E-state index in [9.17, 15) is 9.18 Å². The van der Waals surface area contributed by atoms with Crippen molar-refractivity contribution in [3.05, 3.63) is 52.8 Å². The van der Waals surface area contributed by atoms with Crippen molar-refractivity contribution in [1.82, 2.24) is 9.88 Å². The van der Waals surface area contributed by atoms with E-state index in [1.54, 1.807) is 18.2 Å². The molecule has 0 radical (unpaired) electrons. The standard InChI is InChI=1S/C19H21ClFN3O2/c1-12-10-14(8-9-24(12)2)26-18-5-3-4-17(22-18)23-19(25)15-7-6-13(21)11-16(15)20/h3-7,11-12,14H,8-10H2,1-2H3,(H,22,23,25)/t12-,14-/m1/s1. The van der Waals surface area contributed by atoms with Gasteiger partial charge in [-0.3, -0.25) is 4.79 Å². The second-order valence-corrected chi connectivity index (χ2v) is 6.94.